The smallest absolute Gasteiger partial charge is 0.274 e. The first-order valence-electron chi connectivity index (χ1n) is 6.10. The maximum absolute atomic E-state index is 12.5. The standard InChI is InChI=1S/C12H17ClN4OS/c1-7-8(2)19-6-5-17(7)12(18)11-9(13)3-4-10(15-11)16-14/h3-4,7-8H,5-6,14H2,1-2H3,(H,15,16). The first-order chi connectivity index (χ1) is 9.04. The summed E-state index contributed by atoms with van der Waals surface area (Å²) in [5.74, 6) is 6.54. The van der Waals surface area contributed by atoms with Crippen molar-refractivity contribution in [3.63, 3.8) is 0 Å². The molecule has 2 rings (SSSR count). The van der Waals surface area contributed by atoms with Gasteiger partial charge in [0, 0.05) is 23.6 Å². The van der Waals surface area contributed by atoms with E-state index in [1.807, 2.05) is 23.6 Å². The van der Waals surface area contributed by atoms with E-state index in [1.165, 1.54) is 0 Å². The first kappa shape index (κ1) is 14.4. The predicted octanol–water partition coefficient (Wildman–Crippen LogP) is 1.99. The number of hydrogen-bond acceptors (Lipinski definition) is 5. The Balaban J connectivity index is 2.28. The number of halogens is 1. The molecule has 0 saturated carbocycles. The van der Waals surface area contributed by atoms with Crippen LogP contribution < -0.4 is 11.3 Å². The largest absolute Gasteiger partial charge is 0.333 e. The second-order valence-electron chi connectivity index (χ2n) is 4.49. The fraction of sp³-hybridized carbons (Fsp3) is 0.500. The zero-order valence-electron chi connectivity index (χ0n) is 10.9. The number of rotatable bonds is 2. The van der Waals surface area contributed by atoms with Gasteiger partial charge in [-0.15, -0.1) is 0 Å². The lowest BCUT2D eigenvalue weighted by molar-refractivity contribution is 0.0692. The Morgan fingerprint density at radius 1 is 1.58 bits per heavy atom. The van der Waals surface area contributed by atoms with Crippen molar-refractivity contribution in [2.45, 2.75) is 25.1 Å². The number of nitrogens with two attached hydrogens (primary N) is 1. The molecule has 0 aliphatic carbocycles. The summed E-state index contributed by atoms with van der Waals surface area (Å²) in [5.41, 5.74) is 2.68. The van der Waals surface area contributed by atoms with E-state index >= 15 is 0 Å². The highest BCUT2D eigenvalue weighted by Gasteiger charge is 2.31. The lowest BCUT2D eigenvalue weighted by atomic mass is 10.2. The van der Waals surface area contributed by atoms with Crippen LogP contribution in [0.2, 0.25) is 5.02 Å². The van der Waals surface area contributed by atoms with E-state index in [4.69, 9.17) is 17.4 Å². The van der Waals surface area contributed by atoms with Crippen LogP contribution in [-0.2, 0) is 0 Å². The van der Waals surface area contributed by atoms with Gasteiger partial charge in [0.1, 0.15) is 11.5 Å². The summed E-state index contributed by atoms with van der Waals surface area (Å²) >= 11 is 7.94. The molecule has 1 aliphatic rings. The third-order valence-corrected chi connectivity index (χ3v) is 4.98. The second kappa shape index (κ2) is 5.98. The van der Waals surface area contributed by atoms with E-state index in [0.717, 1.165) is 5.75 Å². The Kier molecular flexibility index (Phi) is 4.54. The Hall–Kier alpha value is -0.980. The van der Waals surface area contributed by atoms with Gasteiger partial charge in [0.15, 0.2) is 0 Å². The third-order valence-electron chi connectivity index (χ3n) is 3.34. The van der Waals surface area contributed by atoms with E-state index < -0.39 is 0 Å². The number of carbonyl (C=O) groups excluding carboxylic acids is 1. The summed E-state index contributed by atoms with van der Waals surface area (Å²) in [6.45, 7) is 4.89. The molecule has 2 atom stereocenters. The Labute approximate surface area is 121 Å². The molecular formula is C12H17ClN4OS. The number of pyridine rings is 1. The SMILES string of the molecule is CC1SCCN(C(=O)c2nc(NN)ccc2Cl)C1C. The maximum atomic E-state index is 12.5. The Bertz CT molecular complexity index is 485. The van der Waals surface area contributed by atoms with Gasteiger partial charge in [0.2, 0.25) is 0 Å². The van der Waals surface area contributed by atoms with Gasteiger partial charge < -0.3 is 10.3 Å². The Morgan fingerprint density at radius 3 is 3.00 bits per heavy atom. The highest BCUT2D eigenvalue weighted by Crippen LogP contribution is 2.27. The number of anilines is 1. The molecule has 1 fully saturated rings. The number of thioether (sulfide) groups is 1. The van der Waals surface area contributed by atoms with Crippen molar-refractivity contribution in [2.24, 2.45) is 5.84 Å². The number of hydrogen-bond donors (Lipinski definition) is 2. The molecule has 2 heterocycles. The van der Waals surface area contributed by atoms with Crippen molar-refractivity contribution >= 4 is 35.1 Å². The van der Waals surface area contributed by atoms with Gasteiger partial charge in [-0.3, -0.25) is 4.79 Å². The lowest BCUT2D eigenvalue weighted by Gasteiger charge is -2.37. The molecule has 19 heavy (non-hydrogen) atoms. The molecular weight excluding hydrogens is 284 g/mol. The molecule has 1 aliphatic heterocycles. The number of nitrogens with zero attached hydrogens (tertiary/aromatic N) is 2. The van der Waals surface area contributed by atoms with Crippen molar-refractivity contribution in [3.05, 3.63) is 22.8 Å². The third kappa shape index (κ3) is 2.96. The number of hydrazine groups is 1. The Morgan fingerprint density at radius 2 is 2.32 bits per heavy atom. The monoisotopic (exact) mass is 300 g/mol. The number of nitrogens with one attached hydrogen (secondary N) is 1. The van der Waals surface area contributed by atoms with Crippen molar-refractivity contribution < 1.29 is 4.79 Å². The topological polar surface area (TPSA) is 71.2 Å². The van der Waals surface area contributed by atoms with Crippen LogP contribution in [0.25, 0.3) is 0 Å². The van der Waals surface area contributed by atoms with Crippen LogP contribution >= 0.6 is 23.4 Å². The predicted molar refractivity (Wildman–Crippen MR) is 79.5 cm³/mol. The number of carbonyl (C=O) groups is 1. The maximum Gasteiger partial charge on any atom is 0.274 e. The summed E-state index contributed by atoms with van der Waals surface area (Å²) in [6.07, 6.45) is 0. The summed E-state index contributed by atoms with van der Waals surface area (Å²) < 4.78 is 0. The van der Waals surface area contributed by atoms with E-state index in [0.29, 0.717) is 22.6 Å². The van der Waals surface area contributed by atoms with Crippen molar-refractivity contribution in [1.82, 2.24) is 9.88 Å². The second-order valence-corrected chi connectivity index (χ2v) is 6.38. The summed E-state index contributed by atoms with van der Waals surface area (Å²) in [5, 5.41) is 0.759. The highest BCUT2D eigenvalue weighted by molar-refractivity contribution is 8.00. The van der Waals surface area contributed by atoms with Gasteiger partial charge in [0.05, 0.1) is 5.02 Å². The molecule has 7 heteroatoms. The quantitative estimate of drug-likeness (QED) is 0.645. The van der Waals surface area contributed by atoms with Crippen LogP contribution in [0.15, 0.2) is 12.1 Å². The molecule has 0 spiro atoms. The molecule has 0 radical (unpaired) electrons. The average molecular weight is 301 g/mol. The fourth-order valence-electron chi connectivity index (χ4n) is 2.03. The minimum Gasteiger partial charge on any atom is -0.333 e. The van der Waals surface area contributed by atoms with Crippen molar-refractivity contribution in [3.8, 4) is 0 Å². The number of amides is 1. The van der Waals surface area contributed by atoms with E-state index in [9.17, 15) is 4.79 Å². The normalized spacial score (nSPS) is 23.3. The van der Waals surface area contributed by atoms with Crippen LogP contribution in [0.5, 0.6) is 0 Å². The van der Waals surface area contributed by atoms with E-state index in [-0.39, 0.29) is 17.6 Å². The summed E-state index contributed by atoms with van der Waals surface area (Å²) in [7, 11) is 0. The van der Waals surface area contributed by atoms with Crippen LogP contribution in [0.1, 0.15) is 24.3 Å². The highest BCUT2D eigenvalue weighted by atomic mass is 35.5. The fourth-order valence-corrected chi connectivity index (χ4v) is 3.31. The molecule has 104 valence electrons. The van der Waals surface area contributed by atoms with Crippen molar-refractivity contribution in [2.75, 3.05) is 17.7 Å². The van der Waals surface area contributed by atoms with Crippen LogP contribution in [0.4, 0.5) is 5.82 Å². The molecule has 2 unspecified atom stereocenters. The molecule has 1 amide bonds. The van der Waals surface area contributed by atoms with Crippen LogP contribution in [0.3, 0.4) is 0 Å². The molecule has 1 aromatic rings. The van der Waals surface area contributed by atoms with Crippen molar-refractivity contribution in [1.29, 1.82) is 0 Å². The average Bonchev–Trinajstić information content (AvgIpc) is 2.42. The zero-order chi connectivity index (χ0) is 14.0. The minimum atomic E-state index is -0.137. The summed E-state index contributed by atoms with van der Waals surface area (Å²) in [4.78, 5) is 18.5. The molecule has 0 aromatic carbocycles. The van der Waals surface area contributed by atoms with E-state index in [2.05, 4.69) is 17.3 Å². The number of aromatic nitrogens is 1. The zero-order valence-corrected chi connectivity index (χ0v) is 12.5. The van der Waals surface area contributed by atoms with Crippen LogP contribution in [-0.4, -0.2) is 39.4 Å². The molecule has 5 nitrogen and oxygen atoms in total. The van der Waals surface area contributed by atoms with Gasteiger partial charge in [-0.2, -0.15) is 11.8 Å². The van der Waals surface area contributed by atoms with E-state index in [1.54, 1.807) is 12.1 Å². The molecule has 1 saturated heterocycles. The van der Waals surface area contributed by atoms with Gasteiger partial charge in [-0.05, 0) is 19.1 Å². The van der Waals surface area contributed by atoms with Crippen LogP contribution in [0, 0.1) is 0 Å². The first-order valence-corrected chi connectivity index (χ1v) is 7.53. The minimum absolute atomic E-state index is 0.137. The number of nitrogen functional groups attached to an aromatic ring is 1. The van der Waals surface area contributed by atoms with Gasteiger partial charge in [0.25, 0.3) is 5.91 Å². The molecule has 3 N–H and O–H groups in total. The molecule has 0 bridgehead atoms. The van der Waals surface area contributed by atoms with Gasteiger partial charge in [-0.1, -0.05) is 18.5 Å². The molecule has 1 aromatic heterocycles. The lowest BCUT2D eigenvalue weighted by Crippen LogP contribution is -2.48. The summed E-state index contributed by atoms with van der Waals surface area (Å²) in [6, 6.07) is 3.43. The van der Waals surface area contributed by atoms with Gasteiger partial charge in [-0.25, -0.2) is 10.8 Å². The van der Waals surface area contributed by atoms with Gasteiger partial charge >= 0.3 is 0 Å².